The number of hydrogen-bond donors (Lipinski definition) is 3. The highest BCUT2D eigenvalue weighted by atomic mass is 35.5. The van der Waals surface area contributed by atoms with Crippen LogP contribution in [0.25, 0.3) is 11.3 Å². The van der Waals surface area contributed by atoms with Crippen molar-refractivity contribution in [3.8, 4) is 11.3 Å². The molecule has 8 heteroatoms. The molecule has 1 aliphatic heterocycles. The first kappa shape index (κ1) is 19.3. The molecule has 29 heavy (non-hydrogen) atoms. The fourth-order valence-electron chi connectivity index (χ4n) is 4.45. The molecule has 0 spiro atoms. The highest BCUT2D eigenvalue weighted by Gasteiger charge is 2.27. The van der Waals surface area contributed by atoms with E-state index in [0.717, 1.165) is 49.5 Å². The van der Waals surface area contributed by atoms with E-state index in [2.05, 4.69) is 26.0 Å². The number of aryl methyl sites for hydroxylation is 1. The summed E-state index contributed by atoms with van der Waals surface area (Å²) in [7, 11) is 2.00. The van der Waals surface area contributed by atoms with Crippen molar-refractivity contribution in [1.82, 2.24) is 30.4 Å². The van der Waals surface area contributed by atoms with Crippen molar-refractivity contribution in [2.45, 2.75) is 63.1 Å². The van der Waals surface area contributed by atoms with Gasteiger partial charge in [0.25, 0.3) is 0 Å². The van der Waals surface area contributed by atoms with Gasteiger partial charge in [0, 0.05) is 49.5 Å². The molecule has 0 aromatic carbocycles. The molecule has 3 N–H and O–H groups in total. The molecule has 5 rings (SSSR count). The maximum atomic E-state index is 6.49. The van der Waals surface area contributed by atoms with Crippen molar-refractivity contribution in [2.75, 3.05) is 18.4 Å². The van der Waals surface area contributed by atoms with Gasteiger partial charge >= 0.3 is 0 Å². The van der Waals surface area contributed by atoms with Crippen molar-refractivity contribution >= 4 is 17.5 Å². The highest BCUT2D eigenvalue weighted by molar-refractivity contribution is 6.32. The Bertz CT molecular complexity index is 851. The van der Waals surface area contributed by atoms with Gasteiger partial charge < -0.3 is 16.0 Å². The second-order valence-corrected chi connectivity index (χ2v) is 9.29. The molecule has 1 saturated heterocycles. The van der Waals surface area contributed by atoms with Gasteiger partial charge in [-0.25, -0.2) is 9.97 Å². The minimum atomic E-state index is 0.418. The number of hydrogen-bond acceptors (Lipinski definition) is 6. The van der Waals surface area contributed by atoms with E-state index >= 15 is 0 Å². The predicted octanol–water partition coefficient (Wildman–Crippen LogP) is 2.77. The lowest BCUT2D eigenvalue weighted by molar-refractivity contribution is 0.276. The summed E-state index contributed by atoms with van der Waals surface area (Å²) in [6, 6.07) is 1.72. The number of anilines is 1. The molecule has 2 aliphatic carbocycles. The Morgan fingerprint density at radius 1 is 1.07 bits per heavy atom. The largest absolute Gasteiger partial charge is 0.351 e. The average molecular weight is 416 g/mol. The third kappa shape index (κ3) is 4.42. The van der Waals surface area contributed by atoms with E-state index < -0.39 is 0 Å². The molecule has 0 bridgehead atoms. The molecule has 3 aliphatic rings. The zero-order valence-corrected chi connectivity index (χ0v) is 17.8. The van der Waals surface area contributed by atoms with Gasteiger partial charge in [-0.3, -0.25) is 4.68 Å². The van der Waals surface area contributed by atoms with E-state index in [0.29, 0.717) is 29.1 Å². The summed E-state index contributed by atoms with van der Waals surface area (Å²) in [6.07, 6.45) is 11.9. The zero-order chi connectivity index (χ0) is 19.8. The Morgan fingerprint density at radius 3 is 2.52 bits per heavy atom. The number of aromatic nitrogens is 4. The summed E-state index contributed by atoms with van der Waals surface area (Å²) in [4.78, 5) is 9.25. The minimum absolute atomic E-state index is 0.418. The Balaban J connectivity index is 1.25. The molecule has 156 valence electrons. The summed E-state index contributed by atoms with van der Waals surface area (Å²) >= 11 is 6.49. The first-order valence-corrected chi connectivity index (χ1v) is 11.3. The van der Waals surface area contributed by atoms with Crippen molar-refractivity contribution in [3.63, 3.8) is 0 Å². The fourth-order valence-corrected chi connectivity index (χ4v) is 4.64. The summed E-state index contributed by atoms with van der Waals surface area (Å²) in [5, 5.41) is 15.7. The van der Waals surface area contributed by atoms with Gasteiger partial charge in [-0.15, -0.1) is 0 Å². The van der Waals surface area contributed by atoms with Crippen LogP contribution in [-0.2, 0) is 13.5 Å². The van der Waals surface area contributed by atoms with Crippen LogP contribution in [0.1, 0.15) is 44.2 Å². The van der Waals surface area contributed by atoms with Gasteiger partial charge in [0.1, 0.15) is 0 Å². The number of halogens is 1. The van der Waals surface area contributed by atoms with E-state index in [9.17, 15) is 0 Å². The number of rotatable bonds is 7. The molecule has 2 saturated carbocycles. The molecule has 0 atom stereocenters. The topological polar surface area (TPSA) is 79.7 Å². The van der Waals surface area contributed by atoms with E-state index in [-0.39, 0.29) is 0 Å². The molecule has 7 nitrogen and oxygen atoms in total. The van der Waals surface area contributed by atoms with Crippen LogP contribution >= 0.6 is 11.6 Å². The maximum absolute atomic E-state index is 6.49. The van der Waals surface area contributed by atoms with Gasteiger partial charge in [0.15, 0.2) is 0 Å². The molecular weight excluding hydrogens is 386 g/mol. The van der Waals surface area contributed by atoms with Crippen molar-refractivity contribution in [3.05, 3.63) is 23.1 Å². The Kier molecular flexibility index (Phi) is 5.45. The second-order valence-electron chi connectivity index (χ2n) is 8.88. The molecule has 0 radical (unpaired) electrons. The van der Waals surface area contributed by atoms with Crippen LogP contribution in [0.15, 0.2) is 12.4 Å². The molecule has 2 aromatic heterocycles. The smallest absolute Gasteiger partial charge is 0.223 e. The van der Waals surface area contributed by atoms with Crippen LogP contribution in [0, 0.1) is 5.92 Å². The van der Waals surface area contributed by atoms with Crippen molar-refractivity contribution in [2.24, 2.45) is 13.0 Å². The van der Waals surface area contributed by atoms with Crippen LogP contribution in [0.3, 0.4) is 0 Å². The van der Waals surface area contributed by atoms with Crippen LogP contribution in [0.4, 0.5) is 5.95 Å². The monoisotopic (exact) mass is 415 g/mol. The van der Waals surface area contributed by atoms with E-state index in [1.54, 1.807) is 6.20 Å². The predicted molar refractivity (Wildman–Crippen MR) is 115 cm³/mol. The Morgan fingerprint density at radius 2 is 1.83 bits per heavy atom. The van der Waals surface area contributed by atoms with E-state index in [1.807, 2.05) is 17.9 Å². The summed E-state index contributed by atoms with van der Waals surface area (Å²) in [5.41, 5.74) is 3.05. The lowest BCUT2D eigenvalue weighted by Gasteiger charge is -2.36. The molecule has 0 amide bonds. The number of nitrogens with zero attached hydrogens (tertiary/aromatic N) is 4. The normalized spacial score (nSPS) is 25.0. The lowest BCUT2D eigenvalue weighted by Crippen LogP contribution is -2.58. The summed E-state index contributed by atoms with van der Waals surface area (Å²) < 4.78 is 1.96. The van der Waals surface area contributed by atoms with Crippen LogP contribution in [0.5, 0.6) is 0 Å². The lowest BCUT2D eigenvalue weighted by atomic mass is 9.90. The standard InChI is InChI=1S/C21H30ClN7/c1-29-19(8-13-2-3-13)17(11-25-29)20-18(22)12-24-21(28-20)27-15-6-4-14(5-7-15)26-16-9-23-10-16/h11-16,23,26H,2-10H2,1H3,(H,24,27,28)/t14-,15-. The third-order valence-corrected chi connectivity index (χ3v) is 6.83. The van der Waals surface area contributed by atoms with Gasteiger partial charge in [0.2, 0.25) is 5.95 Å². The quantitative estimate of drug-likeness (QED) is 0.645. The molecule has 3 heterocycles. The van der Waals surface area contributed by atoms with Crippen LogP contribution in [0.2, 0.25) is 5.02 Å². The first-order valence-electron chi connectivity index (χ1n) is 10.9. The van der Waals surface area contributed by atoms with Crippen molar-refractivity contribution < 1.29 is 0 Å². The molecule has 0 unspecified atom stereocenters. The van der Waals surface area contributed by atoms with Crippen molar-refractivity contribution in [1.29, 1.82) is 0 Å². The molecular formula is C21H30ClN7. The third-order valence-electron chi connectivity index (χ3n) is 6.55. The summed E-state index contributed by atoms with van der Waals surface area (Å²) in [6.45, 7) is 2.22. The van der Waals surface area contributed by atoms with Gasteiger partial charge in [0.05, 0.1) is 23.1 Å². The van der Waals surface area contributed by atoms with E-state index in [1.165, 1.54) is 31.4 Å². The Labute approximate surface area is 177 Å². The summed E-state index contributed by atoms with van der Waals surface area (Å²) in [5.74, 6) is 1.45. The van der Waals surface area contributed by atoms with E-state index in [4.69, 9.17) is 16.6 Å². The first-order chi connectivity index (χ1) is 14.2. The maximum Gasteiger partial charge on any atom is 0.223 e. The van der Waals surface area contributed by atoms with Crippen LogP contribution < -0.4 is 16.0 Å². The Hall–Kier alpha value is -1.70. The average Bonchev–Trinajstić information content (AvgIpc) is 3.44. The fraction of sp³-hybridized carbons (Fsp3) is 0.667. The van der Waals surface area contributed by atoms with Gasteiger partial charge in [-0.1, -0.05) is 11.6 Å². The number of nitrogens with one attached hydrogen (secondary N) is 3. The SMILES string of the molecule is Cn1ncc(-c2nc(N[C@H]3CC[C@H](NC4CNC4)CC3)ncc2Cl)c1CC1CC1. The van der Waals surface area contributed by atoms with Gasteiger partial charge in [-0.2, -0.15) is 5.10 Å². The van der Waals surface area contributed by atoms with Gasteiger partial charge in [-0.05, 0) is 50.9 Å². The second kappa shape index (κ2) is 8.20. The van der Waals surface area contributed by atoms with Crippen LogP contribution in [-0.4, -0.2) is 51.0 Å². The minimum Gasteiger partial charge on any atom is -0.351 e. The molecule has 3 fully saturated rings. The zero-order valence-electron chi connectivity index (χ0n) is 17.0. The molecule has 2 aromatic rings. The highest BCUT2D eigenvalue weighted by Crippen LogP contribution is 2.37.